The van der Waals surface area contributed by atoms with Gasteiger partial charge in [-0.15, -0.1) is 0 Å². The molecule has 0 aromatic carbocycles. The standard InChI is InChI=1S/C11H17ClN4O/c1-9-14-8-10(12)11(15-9)13-2-3-16-4-6-17-7-5-16/h8H,2-7H2,1H3,(H,13,14,15). The molecule has 0 bridgehead atoms. The average molecular weight is 257 g/mol. The van der Waals surface area contributed by atoms with Gasteiger partial charge in [-0.05, 0) is 6.92 Å². The van der Waals surface area contributed by atoms with Crippen LogP contribution < -0.4 is 5.32 Å². The maximum Gasteiger partial charge on any atom is 0.148 e. The van der Waals surface area contributed by atoms with Gasteiger partial charge in [-0.25, -0.2) is 9.97 Å². The fraction of sp³-hybridized carbons (Fsp3) is 0.636. The number of morpholine rings is 1. The van der Waals surface area contributed by atoms with Crippen molar-refractivity contribution < 1.29 is 4.74 Å². The Labute approximate surface area is 106 Å². The number of aryl methyl sites for hydroxylation is 1. The van der Waals surface area contributed by atoms with Crippen LogP contribution in [0.5, 0.6) is 0 Å². The van der Waals surface area contributed by atoms with E-state index in [1.54, 1.807) is 6.20 Å². The molecule has 0 radical (unpaired) electrons. The molecule has 1 aromatic rings. The number of aromatic nitrogens is 2. The van der Waals surface area contributed by atoms with Crippen LogP contribution in [0, 0.1) is 6.92 Å². The van der Waals surface area contributed by atoms with E-state index in [9.17, 15) is 0 Å². The van der Waals surface area contributed by atoms with Gasteiger partial charge in [0, 0.05) is 26.2 Å². The second kappa shape index (κ2) is 6.14. The number of halogens is 1. The van der Waals surface area contributed by atoms with Gasteiger partial charge in [0.05, 0.1) is 19.4 Å². The summed E-state index contributed by atoms with van der Waals surface area (Å²) in [5.41, 5.74) is 0. The molecule has 17 heavy (non-hydrogen) atoms. The Hall–Kier alpha value is -0.910. The first-order valence-electron chi connectivity index (χ1n) is 5.79. The summed E-state index contributed by atoms with van der Waals surface area (Å²) < 4.78 is 5.30. The molecule has 2 heterocycles. The minimum absolute atomic E-state index is 0.567. The monoisotopic (exact) mass is 256 g/mol. The van der Waals surface area contributed by atoms with E-state index in [4.69, 9.17) is 16.3 Å². The largest absolute Gasteiger partial charge is 0.379 e. The van der Waals surface area contributed by atoms with Crippen molar-refractivity contribution in [1.82, 2.24) is 14.9 Å². The smallest absolute Gasteiger partial charge is 0.148 e. The third-order valence-corrected chi connectivity index (χ3v) is 2.97. The molecule has 1 aliphatic rings. The van der Waals surface area contributed by atoms with Crippen LogP contribution in [0.3, 0.4) is 0 Å². The molecular formula is C11H17ClN4O. The topological polar surface area (TPSA) is 50.3 Å². The van der Waals surface area contributed by atoms with E-state index in [2.05, 4.69) is 20.2 Å². The highest BCUT2D eigenvalue weighted by Gasteiger charge is 2.10. The fourth-order valence-corrected chi connectivity index (χ4v) is 1.89. The van der Waals surface area contributed by atoms with Crippen molar-refractivity contribution in [2.75, 3.05) is 44.7 Å². The molecule has 0 amide bonds. The minimum atomic E-state index is 0.567. The van der Waals surface area contributed by atoms with E-state index in [1.165, 1.54) is 0 Å². The van der Waals surface area contributed by atoms with Gasteiger partial charge in [-0.2, -0.15) is 0 Å². The van der Waals surface area contributed by atoms with Gasteiger partial charge >= 0.3 is 0 Å². The van der Waals surface area contributed by atoms with E-state index in [-0.39, 0.29) is 0 Å². The molecule has 0 unspecified atom stereocenters. The van der Waals surface area contributed by atoms with Crippen molar-refractivity contribution in [3.63, 3.8) is 0 Å². The lowest BCUT2D eigenvalue weighted by Gasteiger charge is -2.26. The Kier molecular flexibility index (Phi) is 4.53. The summed E-state index contributed by atoms with van der Waals surface area (Å²) in [5, 5.41) is 3.80. The van der Waals surface area contributed by atoms with E-state index in [1.807, 2.05) is 6.92 Å². The normalized spacial score (nSPS) is 17.1. The SMILES string of the molecule is Cc1ncc(Cl)c(NCCN2CCOCC2)n1. The van der Waals surface area contributed by atoms with Gasteiger partial charge in [0.2, 0.25) is 0 Å². The number of ether oxygens (including phenoxy) is 1. The highest BCUT2D eigenvalue weighted by Crippen LogP contribution is 2.16. The van der Waals surface area contributed by atoms with Crippen LogP contribution in [0.2, 0.25) is 5.02 Å². The Morgan fingerprint density at radius 3 is 3.00 bits per heavy atom. The molecule has 0 aliphatic carbocycles. The minimum Gasteiger partial charge on any atom is -0.379 e. The fourth-order valence-electron chi connectivity index (χ4n) is 1.74. The second-order valence-corrected chi connectivity index (χ2v) is 4.40. The summed E-state index contributed by atoms with van der Waals surface area (Å²) in [4.78, 5) is 10.6. The van der Waals surface area contributed by atoms with Crippen LogP contribution >= 0.6 is 11.6 Å². The predicted molar refractivity (Wildman–Crippen MR) is 67.5 cm³/mol. The summed E-state index contributed by atoms with van der Waals surface area (Å²) in [6, 6.07) is 0. The van der Waals surface area contributed by atoms with Crippen LogP contribution in [0.25, 0.3) is 0 Å². The lowest BCUT2D eigenvalue weighted by molar-refractivity contribution is 0.0398. The van der Waals surface area contributed by atoms with Gasteiger partial charge in [-0.3, -0.25) is 4.90 Å². The summed E-state index contributed by atoms with van der Waals surface area (Å²) in [6.45, 7) is 7.31. The molecule has 1 aliphatic heterocycles. The molecule has 6 heteroatoms. The molecule has 0 atom stereocenters. The number of nitrogens with one attached hydrogen (secondary N) is 1. The van der Waals surface area contributed by atoms with Gasteiger partial charge in [0.25, 0.3) is 0 Å². The maximum absolute atomic E-state index is 6.00. The van der Waals surface area contributed by atoms with Crippen LogP contribution in [-0.2, 0) is 4.74 Å². The summed E-state index contributed by atoms with van der Waals surface area (Å²) in [6.07, 6.45) is 1.63. The van der Waals surface area contributed by atoms with Crippen molar-refractivity contribution >= 4 is 17.4 Å². The lowest BCUT2D eigenvalue weighted by Crippen LogP contribution is -2.39. The average Bonchev–Trinajstić information content (AvgIpc) is 2.35. The van der Waals surface area contributed by atoms with Crippen molar-refractivity contribution in [1.29, 1.82) is 0 Å². The Balaban J connectivity index is 1.79. The Bertz CT molecular complexity index is 368. The van der Waals surface area contributed by atoms with Crippen LogP contribution in [0.4, 0.5) is 5.82 Å². The van der Waals surface area contributed by atoms with E-state index in [0.717, 1.165) is 45.2 Å². The third-order valence-electron chi connectivity index (χ3n) is 2.69. The molecule has 1 aromatic heterocycles. The summed E-state index contributed by atoms with van der Waals surface area (Å²) >= 11 is 6.00. The number of anilines is 1. The molecular weight excluding hydrogens is 240 g/mol. The second-order valence-electron chi connectivity index (χ2n) is 3.99. The Morgan fingerprint density at radius 2 is 2.24 bits per heavy atom. The first-order valence-corrected chi connectivity index (χ1v) is 6.16. The molecule has 94 valence electrons. The predicted octanol–water partition coefficient (Wildman–Crippen LogP) is 1.18. The molecule has 0 saturated carbocycles. The highest BCUT2D eigenvalue weighted by molar-refractivity contribution is 6.32. The number of hydrogen-bond donors (Lipinski definition) is 1. The van der Waals surface area contributed by atoms with Crippen molar-refractivity contribution in [2.24, 2.45) is 0 Å². The van der Waals surface area contributed by atoms with Gasteiger partial charge in [0.15, 0.2) is 0 Å². The zero-order valence-corrected chi connectivity index (χ0v) is 10.7. The molecule has 0 spiro atoms. The molecule has 1 saturated heterocycles. The third kappa shape index (κ3) is 3.80. The zero-order chi connectivity index (χ0) is 12.1. The lowest BCUT2D eigenvalue weighted by atomic mass is 10.4. The van der Waals surface area contributed by atoms with Gasteiger partial charge in [0.1, 0.15) is 16.7 Å². The van der Waals surface area contributed by atoms with Crippen molar-refractivity contribution in [3.05, 3.63) is 17.0 Å². The maximum atomic E-state index is 6.00. The van der Waals surface area contributed by atoms with Crippen LogP contribution in [-0.4, -0.2) is 54.3 Å². The van der Waals surface area contributed by atoms with Crippen molar-refractivity contribution in [2.45, 2.75) is 6.92 Å². The highest BCUT2D eigenvalue weighted by atomic mass is 35.5. The van der Waals surface area contributed by atoms with Gasteiger partial charge in [-0.1, -0.05) is 11.6 Å². The summed E-state index contributed by atoms with van der Waals surface area (Å²) in [5.74, 6) is 1.44. The zero-order valence-electron chi connectivity index (χ0n) is 9.95. The van der Waals surface area contributed by atoms with Crippen molar-refractivity contribution in [3.8, 4) is 0 Å². The number of hydrogen-bond acceptors (Lipinski definition) is 5. The quantitative estimate of drug-likeness (QED) is 0.877. The van der Waals surface area contributed by atoms with E-state index >= 15 is 0 Å². The van der Waals surface area contributed by atoms with E-state index < -0.39 is 0 Å². The first kappa shape index (κ1) is 12.5. The molecule has 1 N–H and O–H groups in total. The van der Waals surface area contributed by atoms with E-state index in [0.29, 0.717) is 10.8 Å². The Morgan fingerprint density at radius 1 is 1.47 bits per heavy atom. The van der Waals surface area contributed by atoms with Crippen LogP contribution in [0.15, 0.2) is 6.20 Å². The molecule has 5 nitrogen and oxygen atoms in total. The van der Waals surface area contributed by atoms with Gasteiger partial charge < -0.3 is 10.1 Å². The van der Waals surface area contributed by atoms with Crippen LogP contribution in [0.1, 0.15) is 5.82 Å². The number of rotatable bonds is 4. The molecule has 1 fully saturated rings. The summed E-state index contributed by atoms with van der Waals surface area (Å²) in [7, 11) is 0. The first-order chi connectivity index (χ1) is 8.25. The number of nitrogens with zero attached hydrogens (tertiary/aromatic N) is 3. The molecule has 2 rings (SSSR count).